The molecule has 0 bridgehead atoms. The highest BCUT2D eigenvalue weighted by molar-refractivity contribution is 8.26. The third kappa shape index (κ3) is 5.32. The molecule has 8 nitrogen and oxygen atoms in total. The van der Waals surface area contributed by atoms with Crippen molar-refractivity contribution in [1.29, 1.82) is 0 Å². The fourth-order valence-electron chi connectivity index (χ4n) is 4.37. The van der Waals surface area contributed by atoms with E-state index in [4.69, 9.17) is 31.4 Å². The van der Waals surface area contributed by atoms with Crippen molar-refractivity contribution >= 4 is 45.9 Å². The van der Waals surface area contributed by atoms with Crippen molar-refractivity contribution in [2.24, 2.45) is 0 Å². The Morgan fingerprint density at radius 3 is 2.45 bits per heavy atom. The van der Waals surface area contributed by atoms with Crippen molar-refractivity contribution in [2.75, 3.05) is 20.8 Å². The molecule has 3 heterocycles. The summed E-state index contributed by atoms with van der Waals surface area (Å²) in [6, 6.07) is 16.8. The quantitative estimate of drug-likeness (QED) is 0.200. The monoisotopic (exact) mass is 573 g/mol. The number of fused-ring (bicyclic) bond motifs is 1. The first-order chi connectivity index (χ1) is 19.3. The van der Waals surface area contributed by atoms with Crippen LogP contribution in [-0.4, -0.2) is 45.3 Å². The molecule has 204 valence electrons. The Balaban J connectivity index is 1.48. The number of thioether (sulfide) groups is 1. The second-order valence-electron chi connectivity index (χ2n) is 9.16. The van der Waals surface area contributed by atoms with Crippen molar-refractivity contribution in [1.82, 2.24) is 14.3 Å². The lowest BCUT2D eigenvalue weighted by Gasteiger charge is -2.15. The van der Waals surface area contributed by atoms with Gasteiger partial charge in [-0.2, -0.15) is 4.98 Å². The first kappa shape index (κ1) is 27.4. The molecule has 0 aliphatic carbocycles. The number of pyridine rings is 1. The zero-order valence-electron chi connectivity index (χ0n) is 22.5. The topological polar surface area (TPSA) is 82.4 Å². The summed E-state index contributed by atoms with van der Waals surface area (Å²) in [5, 5.41) is 0. The van der Waals surface area contributed by atoms with Gasteiger partial charge in [0.1, 0.15) is 21.3 Å². The first-order valence-electron chi connectivity index (χ1n) is 12.5. The van der Waals surface area contributed by atoms with E-state index in [0.717, 1.165) is 28.5 Å². The molecular weight excluding hydrogens is 546 g/mol. The maximum absolute atomic E-state index is 13.7. The van der Waals surface area contributed by atoms with Gasteiger partial charge in [-0.3, -0.25) is 18.9 Å². The van der Waals surface area contributed by atoms with Gasteiger partial charge in [-0.15, -0.1) is 0 Å². The Kier molecular flexibility index (Phi) is 7.90. The van der Waals surface area contributed by atoms with Gasteiger partial charge in [0.05, 0.1) is 19.1 Å². The van der Waals surface area contributed by atoms with Crippen LogP contribution >= 0.6 is 24.0 Å². The predicted octanol–water partition coefficient (Wildman–Crippen LogP) is 5.56. The van der Waals surface area contributed by atoms with Gasteiger partial charge < -0.3 is 14.2 Å². The number of amides is 1. The van der Waals surface area contributed by atoms with Gasteiger partial charge in [-0.05, 0) is 67.3 Å². The Morgan fingerprint density at radius 1 is 0.950 bits per heavy atom. The highest BCUT2D eigenvalue weighted by Crippen LogP contribution is 2.35. The van der Waals surface area contributed by atoms with Crippen molar-refractivity contribution in [3.05, 3.63) is 98.3 Å². The molecule has 40 heavy (non-hydrogen) atoms. The van der Waals surface area contributed by atoms with Crippen LogP contribution in [-0.2, 0) is 11.2 Å². The lowest BCUT2D eigenvalue weighted by atomic mass is 10.1. The molecule has 1 aliphatic heterocycles. The van der Waals surface area contributed by atoms with Gasteiger partial charge in [-0.1, -0.05) is 54.3 Å². The highest BCUT2D eigenvalue weighted by Gasteiger charge is 2.32. The van der Waals surface area contributed by atoms with Gasteiger partial charge in [0, 0.05) is 12.7 Å². The Morgan fingerprint density at radius 2 is 1.70 bits per heavy atom. The van der Waals surface area contributed by atoms with Crippen molar-refractivity contribution in [3.63, 3.8) is 0 Å². The van der Waals surface area contributed by atoms with E-state index in [1.807, 2.05) is 62.4 Å². The molecule has 0 N–H and O–H groups in total. The minimum absolute atomic E-state index is 0.129. The zero-order valence-corrected chi connectivity index (χ0v) is 24.1. The number of hydrogen-bond acceptors (Lipinski definition) is 8. The number of para-hydroxylation sites is 1. The smallest absolute Gasteiger partial charge is 0.269 e. The van der Waals surface area contributed by atoms with Gasteiger partial charge >= 0.3 is 0 Å². The zero-order chi connectivity index (χ0) is 28.4. The number of ether oxygens (including phenoxy) is 3. The summed E-state index contributed by atoms with van der Waals surface area (Å²) in [5.41, 5.74) is 3.00. The molecule has 1 amide bonds. The van der Waals surface area contributed by atoms with E-state index in [-0.39, 0.29) is 22.9 Å². The van der Waals surface area contributed by atoms with E-state index >= 15 is 0 Å². The van der Waals surface area contributed by atoms with Crippen molar-refractivity contribution in [3.8, 4) is 23.1 Å². The molecule has 4 aromatic rings. The van der Waals surface area contributed by atoms with E-state index in [1.165, 1.54) is 10.5 Å². The van der Waals surface area contributed by atoms with Crippen LogP contribution in [0.1, 0.15) is 22.3 Å². The maximum atomic E-state index is 13.7. The third-order valence-corrected chi connectivity index (χ3v) is 7.95. The number of rotatable bonds is 8. The third-order valence-electron chi connectivity index (χ3n) is 6.57. The summed E-state index contributed by atoms with van der Waals surface area (Å²) in [7, 11) is 3.16. The van der Waals surface area contributed by atoms with Crippen LogP contribution in [0.2, 0.25) is 0 Å². The van der Waals surface area contributed by atoms with E-state index in [1.54, 1.807) is 31.4 Å². The van der Waals surface area contributed by atoms with E-state index in [0.29, 0.717) is 45.1 Å². The van der Waals surface area contributed by atoms with Crippen LogP contribution in [0.15, 0.2) is 70.5 Å². The van der Waals surface area contributed by atoms with Crippen molar-refractivity contribution in [2.45, 2.75) is 20.3 Å². The molecule has 0 radical (unpaired) electrons. The van der Waals surface area contributed by atoms with E-state index in [9.17, 15) is 9.59 Å². The number of aromatic nitrogens is 2. The second kappa shape index (κ2) is 11.5. The van der Waals surface area contributed by atoms with Crippen LogP contribution in [0.5, 0.6) is 23.1 Å². The summed E-state index contributed by atoms with van der Waals surface area (Å²) in [6.45, 7) is 4.17. The molecule has 10 heteroatoms. The lowest BCUT2D eigenvalue weighted by molar-refractivity contribution is -0.122. The minimum atomic E-state index is -0.340. The number of aryl methyl sites for hydroxylation is 2. The number of nitrogens with zero attached hydrogens (tertiary/aromatic N) is 3. The lowest BCUT2D eigenvalue weighted by Crippen LogP contribution is -2.30. The molecule has 1 fully saturated rings. The normalized spacial score (nSPS) is 14.3. The maximum Gasteiger partial charge on any atom is 0.269 e. The average Bonchev–Trinajstić information content (AvgIpc) is 3.22. The number of thiocarbonyl (C=S) groups is 1. The fraction of sp³-hybridized carbons (Fsp3) is 0.200. The number of carbonyl (C=O) groups is 1. The summed E-state index contributed by atoms with van der Waals surface area (Å²) in [6.07, 6.45) is 3.75. The summed E-state index contributed by atoms with van der Waals surface area (Å²) in [4.78, 5) is 33.7. The average molecular weight is 574 g/mol. The van der Waals surface area contributed by atoms with Gasteiger partial charge in [-0.25, -0.2) is 0 Å². The highest BCUT2D eigenvalue weighted by atomic mass is 32.2. The number of benzene rings is 2. The molecular formula is C30H27N3O5S2. The largest absolute Gasteiger partial charge is 0.493 e. The number of methoxy groups -OCH3 is 2. The first-order valence-corrected chi connectivity index (χ1v) is 13.7. The number of carbonyl (C=O) groups excluding carboxylic acids is 1. The molecule has 1 saturated heterocycles. The van der Waals surface area contributed by atoms with Gasteiger partial charge in [0.2, 0.25) is 5.88 Å². The van der Waals surface area contributed by atoms with Gasteiger partial charge in [0.15, 0.2) is 11.5 Å². The second-order valence-corrected chi connectivity index (χ2v) is 10.8. The molecule has 0 saturated carbocycles. The minimum Gasteiger partial charge on any atom is -0.493 e. The molecule has 0 spiro atoms. The molecule has 2 aromatic carbocycles. The molecule has 2 aromatic heterocycles. The molecule has 1 aliphatic rings. The van der Waals surface area contributed by atoms with Crippen molar-refractivity contribution < 1.29 is 19.0 Å². The molecule has 0 unspecified atom stereocenters. The summed E-state index contributed by atoms with van der Waals surface area (Å²) >= 11 is 6.70. The van der Waals surface area contributed by atoms with Crippen LogP contribution in [0, 0.1) is 13.8 Å². The molecule has 0 atom stereocenters. The predicted molar refractivity (Wildman–Crippen MR) is 161 cm³/mol. The Bertz CT molecular complexity index is 1730. The van der Waals surface area contributed by atoms with Crippen LogP contribution in [0.3, 0.4) is 0 Å². The van der Waals surface area contributed by atoms with Crippen LogP contribution < -0.4 is 19.8 Å². The summed E-state index contributed by atoms with van der Waals surface area (Å²) < 4.78 is 18.7. The molecule has 5 rings (SSSR count). The Labute approximate surface area is 241 Å². The standard InChI is InChI=1S/C30H27N3O5S2/c1-18-8-5-6-10-22(18)38-27-21(28(34)32-14-7-9-19(2)26(32)31-27)17-25-29(35)33(30(39)40-25)15-13-20-11-12-23(36-3)24(16-20)37-4/h5-12,14,16-17H,13,15H2,1-4H3/b25-17+. The van der Waals surface area contributed by atoms with E-state index < -0.39 is 0 Å². The fourth-order valence-corrected chi connectivity index (χ4v) is 5.66. The van der Waals surface area contributed by atoms with Gasteiger partial charge in [0.25, 0.3) is 11.5 Å². The Hall–Kier alpha value is -4.15. The van der Waals surface area contributed by atoms with E-state index in [2.05, 4.69) is 0 Å². The SMILES string of the molecule is COc1ccc(CCN2C(=O)/C(=C\c3c(Oc4ccccc4C)nc4c(C)cccn4c3=O)SC2=S)cc1OC. The van der Waals surface area contributed by atoms with Crippen LogP contribution in [0.4, 0.5) is 0 Å². The van der Waals surface area contributed by atoms with Crippen LogP contribution in [0.25, 0.3) is 11.7 Å². The number of hydrogen-bond donors (Lipinski definition) is 0. The summed E-state index contributed by atoms with van der Waals surface area (Å²) in [5.74, 6) is 1.68.